The van der Waals surface area contributed by atoms with Crippen molar-refractivity contribution in [2.75, 3.05) is 44.6 Å². The Morgan fingerprint density at radius 1 is 1.20 bits per heavy atom. The van der Waals surface area contributed by atoms with Gasteiger partial charge in [0.15, 0.2) is 5.56 Å². The molecule has 3 heterocycles. The van der Waals surface area contributed by atoms with Crippen LogP contribution in [0.25, 0.3) is 0 Å². The predicted molar refractivity (Wildman–Crippen MR) is 194 cm³/mol. The zero-order chi connectivity index (χ0) is 35.9. The van der Waals surface area contributed by atoms with Crippen LogP contribution in [0.5, 0.6) is 11.6 Å². The number of nitrogens with one attached hydrogen (secondary N) is 1. The molecule has 1 spiro atoms. The van der Waals surface area contributed by atoms with Gasteiger partial charge in [0.1, 0.15) is 15.7 Å². The molecule has 1 unspecified atom stereocenters. The Morgan fingerprint density at radius 2 is 2.04 bits per heavy atom. The molecule has 1 saturated carbocycles. The molecule has 51 heavy (non-hydrogen) atoms. The number of methoxy groups -OCH3 is 2. The molecule has 1 aromatic heterocycles. The summed E-state index contributed by atoms with van der Waals surface area (Å²) in [5, 5.41) is 13.1. The van der Waals surface area contributed by atoms with Gasteiger partial charge in [-0.05, 0) is 103 Å². The molecule has 2 aromatic carbocycles. The van der Waals surface area contributed by atoms with Crippen LogP contribution in [0.1, 0.15) is 70.4 Å². The monoisotopic (exact) mass is 737 g/mol. The second kappa shape index (κ2) is 14.2. The fraction of sp³-hybridized carbons (Fsp3) is 0.486. The molecule has 272 valence electrons. The number of benzene rings is 2. The topological polar surface area (TPSA) is 138 Å². The minimum atomic E-state index is -3.64. The van der Waals surface area contributed by atoms with Crippen molar-refractivity contribution >= 4 is 39.0 Å². The van der Waals surface area contributed by atoms with Crippen LogP contribution in [0, 0.1) is 17.0 Å². The largest absolute Gasteiger partial charge is 0.593 e. The van der Waals surface area contributed by atoms with Crippen LogP contribution in [0.4, 0.5) is 5.69 Å². The molecule has 1 N–H and O–H groups in total. The highest BCUT2D eigenvalue weighted by Gasteiger charge is 2.44. The number of allylic oxidation sites excluding steroid dienone is 1. The number of carbonyl (C=O) groups is 2. The average molecular weight is 738 g/mol. The van der Waals surface area contributed by atoms with Gasteiger partial charge in [-0.15, -0.1) is 9.04 Å². The van der Waals surface area contributed by atoms with Crippen LogP contribution in [0.15, 0.2) is 59.1 Å². The Kier molecular flexibility index (Phi) is 9.81. The third kappa shape index (κ3) is 6.83. The lowest BCUT2D eigenvalue weighted by Gasteiger charge is -2.46. The number of hydrogen-bond acceptors (Lipinski definition) is 8. The molecular weight excluding hydrogens is 694 g/mol. The number of nitrogens with zero attached hydrogens (tertiary/aromatic N) is 4. The van der Waals surface area contributed by atoms with Crippen LogP contribution < -0.4 is 23.9 Å². The minimum absolute atomic E-state index is 0.0861. The first-order valence-corrected chi connectivity index (χ1v) is 19.5. The Labute approximate surface area is 303 Å². The highest BCUT2D eigenvalue weighted by molar-refractivity contribution is 7.92. The van der Waals surface area contributed by atoms with E-state index in [4.69, 9.17) is 25.8 Å². The maximum Gasteiger partial charge on any atom is 0.418 e. The number of amides is 2. The second-order valence-corrected chi connectivity index (χ2v) is 16.6. The molecule has 0 radical (unpaired) electrons. The molecule has 5 atom stereocenters. The third-order valence-electron chi connectivity index (χ3n) is 11.0. The van der Waals surface area contributed by atoms with Crippen LogP contribution in [0.2, 0.25) is 5.02 Å². The maximum atomic E-state index is 14.4. The molecule has 1 fully saturated rings. The van der Waals surface area contributed by atoms with Gasteiger partial charge < -0.3 is 24.3 Å². The summed E-state index contributed by atoms with van der Waals surface area (Å²) < 4.78 is 39.9. The van der Waals surface area contributed by atoms with E-state index in [1.807, 2.05) is 12.1 Å². The summed E-state index contributed by atoms with van der Waals surface area (Å²) in [7, 11) is 0.812. The van der Waals surface area contributed by atoms with Crippen molar-refractivity contribution in [2.45, 2.75) is 56.5 Å². The van der Waals surface area contributed by atoms with Gasteiger partial charge in [-0.3, -0.25) is 14.3 Å². The van der Waals surface area contributed by atoms with Gasteiger partial charge >= 0.3 is 5.88 Å². The number of rotatable bonds is 4. The maximum absolute atomic E-state index is 14.4. The van der Waals surface area contributed by atoms with Crippen LogP contribution in [-0.2, 0) is 33.5 Å². The van der Waals surface area contributed by atoms with Crippen molar-refractivity contribution < 1.29 is 32.9 Å². The zero-order valence-electron chi connectivity index (χ0n) is 29.1. The van der Waals surface area contributed by atoms with Gasteiger partial charge in [-0.1, -0.05) is 29.8 Å². The Balaban J connectivity index is 1.29. The van der Waals surface area contributed by atoms with Crippen molar-refractivity contribution in [3.8, 4) is 11.6 Å². The number of fused-ring (bicyclic) bond motifs is 4. The summed E-state index contributed by atoms with van der Waals surface area (Å²) in [5.74, 6) is -0.551. The lowest BCUT2D eigenvalue weighted by molar-refractivity contribution is -0.696. The summed E-state index contributed by atoms with van der Waals surface area (Å²) in [6.07, 6.45) is 11.2. The Hall–Kier alpha value is -4.07. The zero-order valence-corrected chi connectivity index (χ0v) is 30.7. The molecular formula is C37H44ClN5O7S. The van der Waals surface area contributed by atoms with E-state index in [9.17, 15) is 19.0 Å². The number of hydrogen-bond donors (Lipinski definition) is 1. The van der Waals surface area contributed by atoms with Crippen molar-refractivity contribution in [1.29, 1.82) is 0 Å². The lowest BCUT2D eigenvalue weighted by atomic mass is 9.68. The molecule has 2 aliphatic carbocycles. The molecule has 14 heteroatoms. The number of anilines is 1. The quantitative estimate of drug-likeness (QED) is 0.221. The summed E-state index contributed by atoms with van der Waals surface area (Å²) in [4.78, 5) is 30.1. The van der Waals surface area contributed by atoms with Gasteiger partial charge in [0.25, 0.3) is 11.8 Å². The molecule has 2 bridgehead atoms. The predicted octanol–water partition coefficient (Wildman–Crippen LogP) is 5.14. The van der Waals surface area contributed by atoms with Gasteiger partial charge in [-0.25, -0.2) is 4.21 Å². The molecule has 4 aliphatic rings. The van der Waals surface area contributed by atoms with Crippen LogP contribution in [0.3, 0.4) is 0 Å². The standard InChI is InChI=1S/C37H44ClN5O7S/c1-41-21-29(36(49-3)43(41)46)35(45)40-51(47)17-6-4-5-9-32(48-2)28-13-10-26(28)20-42-22-37(16-7-8-24-18-27(38)12-14-30(24)37)23-50-33-15-11-25(19-31(33)42)34(44)39-51/h5,9,11-12,14-15,18-19,21,26,28,32H,4,6-8,10,13,16-17,20,22-23H2,1-3H3,(H,39,40,44,45,47)/b9-5+/t26-,28+,32-,37-,51?/m0/s1. The van der Waals surface area contributed by atoms with E-state index < -0.39 is 21.7 Å². The fourth-order valence-electron chi connectivity index (χ4n) is 8.20. The van der Waals surface area contributed by atoms with Crippen molar-refractivity contribution in [3.05, 3.63) is 87.2 Å². The van der Waals surface area contributed by atoms with Crippen molar-refractivity contribution in [1.82, 2.24) is 9.40 Å². The molecule has 0 saturated heterocycles. The lowest BCUT2D eigenvalue weighted by Crippen LogP contribution is -2.49. The first-order valence-electron chi connectivity index (χ1n) is 17.5. The number of halogens is 1. The highest BCUT2D eigenvalue weighted by atomic mass is 35.5. The van der Waals surface area contributed by atoms with Crippen molar-refractivity contribution in [3.63, 3.8) is 0 Å². The van der Waals surface area contributed by atoms with Gasteiger partial charge in [-0.2, -0.15) is 0 Å². The average Bonchev–Trinajstić information content (AvgIpc) is 3.30. The summed E-state index contributed by atoms with van der Waals surface area (Å²) in [6.45, 7) is 1.91. The summed E-state index contributed by atoms with van der Waals surface area (Å²) in [6, 6.07) is 11.4. The number of aryl methyl sites for hydroxylation is 2. The van der Waals surface area contributed by atoms with E-state index in [0.29, 0.717) is 48.4 Å². The normalized spacial score (nSPS) is 28.3. The van der Waals surface area contributed by atoms with Gasteiger partial charge in [0.05, 0.1) is 44.5 Å². The van der Waals surface area contributed by atoms with E-state index in [0.717, 1.165) is 54.0 Å². The minimum Gasteiger partial charge on any atom is -0.593 e. The number of ether oxygens (including phenoxy) is 3. The van der Waals surface area contributed by atoms with Gasteiger partial charge in [0, 0.05) is 36.2 Å². The summed E-state index contributed by atoms with van der Waals surface area (Å²) >= 11 is 6.44. The molecule has 12 nitrogen and oxygen atoms in total. The Bertz CT molecular complexity index is 2010. The molecule has 2 amide bonds. The molecule has 2 aliphatic heterocycles. The van der Waals surface area contributed by atoms with E-state index in [-0.39, 0.29) is 34.3 Å². The number of aromatic nitrogens is 2. The first kappa shape index (κ1) is 35.3. The second-order valence-electron chi connectivity index (χ2n) is 14.1. The fourth-order valence-corrected chi connectivity index (χ4v) is 9.96. The SMILES string of the molecule is COc1c(C(=O)NS2(=O)=NC(=O)c3ccc4c(c3)N(C[C@@H]3CC[C@H]3[C@@H](OC)/C=C/CCC2)C[C@@]2(CCCc3cc(Cl)ccc32)CO4)cn(C)[n+]1[O-]. The highest BCUT2D eigenvalue weighted by Crippen LogP contribution is 2.47. The van der Waals surface area contributed by atoms with Crippen molar-refractivity contribution in [2.24, 2.45) is 23.2 Å². The first-order chi connectivity index (χ1) is 24.5. The van der Waals surface area contributed by atoms with E-state index in [1.165, 1.54) is 31.5 Å². The van der Waals surface area contributed by atoms with Crippen LogP contribution >= 0.6 is 11.6 Å². The van der Waals surface area contributed by atoms with E-state index >= 15 is 0 Å². The third-order valence-corrected chi connectivity index (χ3v) is 13.0. The van der Waals surface area contributed by atoms with E-state index in [1.54, 1.807) is 25.3 Å². The van der Waals surface area contributed by atoms with Crippen LogP contribution in [-0.4, -0.2) is 66.5 Å². The smallest absolute Gasteiger partial charge is 0.418 e. The van der Waals surface area contributed by atoms with Gasteiger partial charge in [0.2, 0.25) is 0 Å². The molecule has 3 aromatic rings. The van der Waals surface area contributed by atoms with E-state index in [2.05, 4.69) is 32.2 Å². The molecule has 7 rings (SSSR count). The summed E-state index contributed by atoms with van der Waals surface area (Å²) in [5.41, 5.74) is 3.10. The number of carbonyl (C=O) groups excluding carboxylic acids is 2. The Morgan fingerprint density at radius 3 is 2.80 bits per heavy atom.